The summed E-state index contributed by atoms with van der Waals surface area (Å²) in [6.07, 6.45) is 3.29. The van der Waals surface area contributed by atoms with Crippen molar-refractivity contribution in [2.45, 2.75) is 44.2 Å². The Morgan fingerprint density at radius 3 is 2.79 bits per heavy atom. The van der Waals surface area contributed by atoms with Crippen molar-refractivity contribution < 1.29 is 19.3 Å². The van der Waals surface area contributed by atoms with Gasteiger partial charge in [-0.25, -0.2) is 0 Å². The summed E-state index contributed by atoms with van der Waals surface area (Å²) < 4.78 is 16.3. The van der Waals surface area contributed by atoms with Gasteiger partial charge in [0.05, 0.1) is 12.7 Å². The van der Waals surface area contributed by atoms with Gasteiger partial charge in [-0.05, 0) is 25.7 Å². The fraction of sp³-hybridized carbons (Fsp3) is 1.00. The van der Waals surface area contributed by atoms with Crippen LogP contribution in [0.1, 0.15) is 25.7 Å². The normalized spacial score (nSPS) is 39.6. The van der Waals surface area contributed by atoms with Crippen molar-refractivity contribution >= 4 is 0 Å². The van der Waals surface area contributed by atoms with Crippen molar-refractivity contribution in [3.05, 3.63) is 0 Å². The molecule has 0 aromatic rings. The van der Waals surface area contributed by atoms with E-state index in [0.717, 1.165) is 32.3 Å². The quantitative estimate of drug-likeness (QED) is 0.715. The number of ether oxygens (including phenoxy) is 3. The number of hydrogen-bond donors (Lipinski definition) is 1. The molecule has 2 fully saturated rings. The topological polar surface area (TPSA) is 47.9 Å². The molecule has 0 aromatic heterocycles. The smallest absolute Gasteiger partial charge is 0.158 e. The molecule has 4 heteroatoms. The molecule has 2 heterocycles. The highest BCUT2D eigenvalue weighted by Crippen LogP contribution is 2.20. The molecule has 2 aliphatic heterocycles. The van der Waals surface area contributed by atoms with Gasteiger partial charge in [0.2, 0.25) is 0 Å². The zero-order chi connectivity index (χ0) is 9.80. The molecule has 2 rings (SSSR count). The lowest BCUT2D eigenvalue weighted by Crippen LogP contribution is -2.41. The standard InChI is InChI=1S/C10H18O4/c11-8-7-12-6-4-9(8)14-10-3-1-2-5-13-10/h8-11H,1-7H2/t8?,9-,10-/m0/s1. The minimum atomic E-state index is -0.491. The van der Waals surface area contributed by atoms with E-state index in [1.165, 1.54) is 0 Å². The van der Waals surface area contributed by atoms with Gasteiger partial charge < -0.3 is 19.3 Å². The van der Waals surface area contributed by atoms with E-state index in [2.05, 4.69) is 0 Å². The monoisotopic (exact) mass is 202 g/mol. The summed E-state index contributed by atoms with van der Waals surface area (Å²) in [6.45, 7) is 1.84. The lowest BCUT2D eigenvalue weighted by molar-refractivity contribution is -0.225. The van der Waals surface area contributed by atoms with Crippen molar-refractivity contribution in [2.24, 2.45) is 0 Å². The molecule has 0 saturated carbocycles. The van der Waals surface area contributed by atoms with E-state index >= 15 is 0 Å². The van der Waals surface area contributed by atoms with Gasteiger partial charge in [-0.3, -0.25) is 0 Å². The minimum absolute atomic E-state index is 0.105. The third-order valence-electron chi connectivity index (χ3n) is 2.73. The number of rotatable bonds is 2. The molecule has 1 unspecified atom stereocenters. The third kappa shape index (κ3) is 2.67. The van der Waals surface area contributed by atoms with Crippen LogP contribution < -0.4 is 0 Å². The second-order valence-corrected chi connectivity index (χ2v) is 3.90. The lowest BCUT2D eigenvalue weighted by atomic mass is 10.1. The van der Waals surface area contributed by atoms with Crippen LogP contribution in [0.25, 0.3) is 0 Å². The van der Waals surface area contributed by atoms with Gasteiger partial charge in [0.25, 0.3) is 0 Å². The lowest BCUT2D eigenvalue weighted by Gasteiger charge is -2.32. The van der Waals surface area contributed by atoms with E-state index in [4.69, 9.17) is 14.2 Å². The van der Waals surface area contributed by atoms with Gasteiger partial charge in [-0.2, -0.15) is 0 Å². The Hall–Kier alpha value is -0.160. The van der Waals surface area contributed by atoms with E-state index in [1.807, 2.05) is 0 Å². The number of hydrogen-bond acceptors (Lipinski definition) is 4. The number of aliphatic hydroxyl groups excluding tert-OH is 1. The maximum atomic E-state index is 9.59. The number of aliphatic hydroxyl groups is 1. The van der Waals surface area contributed by atoms with Crippen LogP contribution in [0.15, 0.2) is 0 Å². The molecule has 0 aliphatic carbocycles. The SMILES string of the molecule is OC1COCC[C@@H]1O[C@H]1CCCCO1. The van der Waals surface area contributed by atoms with E-state index in [0.29, 0.717) is 13.2 Å². The average molecular weight is 202 g/mol. The molecule has 2 saturated heterocycles. The largest absolute Gasteiger partial charge is 0.388 e. The Balaban J connectivity index is 1.76. The molecule has 4 nitrogen and oxygen atoms in total. The van der Waals surface area contributed by atoms with Gasteiger partial charge in [0.15, 0.2) is 6.29 Å². The average Bonchev–Trinajstić information content (AvgIpc) is 2.23. The Morgan fingerprint density at radius 2 is 2.07 bits per heavy atom. The maximum absolute atomic E-state index is 9.59. The van der Waals surface area contributed by atoms with E-state index in [-0.39, 0.29) is 12.4 Å². The molecule has 0 aromatic carbocycles. The van der Waals surface area contributed by atoms with Crippen LogP contribution in [-0.2, 0) is 14.2 Å². The molecule has 0 bridgehead atoms. The predicted octanol–water partition coefficient (Wildman–Crippen LogP) is 0.679. The second kappa shape index (κ2) is 5.07. The Morgan fingerprint density at radius 1 is 1.14 bits per heavy atom. The van der Waals surface area contributed by atoms with Crippen LogP contribution in [0.5, 0.6) is 0 Å². The highest BCUT2D eigenvalue weighted by atomic mass is 16.7. The van der Waals surface area contributed by atoms with Gasteiger partial charge in [0, 0.05) is 13.2 Å². The fourth-order valence-corrected chi connectivity index (χ4v) is 1.88. The first kappa shape index (κ1) is 10.4. The molecule has 0 spiro atoms. The summed E-state index contributed by atoms with van der Waals surface area (Å²) in [5.74, 6) is 0. The van der Waals surface area contributed by atoms with Gasteiger partial charge >= 0.3 is 0 Å². The van der Waals surface area contributed by atoms with Crippen LogP contribution in [0.4, 0.5) is 0 Å². The molecule has 2 aliphatic rings. The molecule has 3 atom stereocenters. The molecule has 82 valence electrons. The summed E-state index contributed by atoms with van der Waals surface area (Å²) in [4.78, 5) is 0. The first-order valence-electron chi connectivity index (χ1n) is 5.39. The predicted molar refractivity (Wildman–Crippen MR) is 49.9 cm³/mol. The van der Waals surface area contributed by atoms with Crippen molar-refractivity contribution in [1.29, 1.82) is 0 Å². The molecule has 1 N–H and O–H groups in total. The Bertz CT molecular complexity index is 168. The first-order valence-corrected chi connectivity index (χ1v) is 5.39. The summed E-state index contributed by atoms with van der Waals surface area (Å²) >= 11 is 0. The van der Waals surface area contributed by atoms with Crippen LogP contribution in [-0.4, -0.2) is 43.4 Å². The zero-order valence-electron chi connectivity index (χ0n) is 8.35. The van der Waals surface area contributed by atoms with Crippen LogP contribution in [0, 0.1) is 0 Å². The van der Waals surface area contributed by atoms with Crippen molar-refractivity contribution in [3.63, 3.8) is 0 Å². The van der Waals surface area contributed by atoms with Gasteiger partial charge in [0.1, 0.15) is 6.10 Å². The van der Waals surface area contributed by atoms with Crippen LogP contribution in [0.2, 0.25) is 0 Å². The van der Waals surface area contributed by atoms with Crippen LogP contribution >= 0.6 is 0 Å². The van der Waals surface area contributed by atoms with Crippen molar-refractivity contribution in [3.8, 4) is 0 Å². The van der Waals surface area contributed by atoms with Crippen molar-refractivity contribution in [2.75, 3.05) is 19.8 Å². The van der Waals surface area contributed by atoms with Crippen LogP contribution in [0.3, 0.4) is 0 Å². The third-order valence-corrected chi connectivity index (χ3v) is 2.73. The summed E-state index contributed by atoms with van der Waals surface area (Å²) in [7, 11) is 0. The van der Waals surface area contributed by atoms with E-state index in [9.17, 15) is 5.11 Å². The maximum Gasteiger partial charge on any atom is 0.158 e. The molecular weight excluding hydrogens is 184 g/mol. The summed E-state index contributed by atoms with van der Waals surface area (Å²) in [6, 6.07) is 0. The summed E-state index contributed by atoms with van der Waals surface area (Å²) in [5.41, 5.74) is 0. The van der Waals surface area contributed by atoms with E-state index in [1.54, 1.807) is 0 Å². The van der Waals surface area contributed by atoms with E-state index < -0.39 is 6.10 Å². The first-order chi connectivity index (χ1) is 6.86. The highest BCUT2D eigenvalue weighted by molar-refractivity contribution is 4.73. The Kier molecular flexibility index (Phi) is 3.75. The highest BCUT2D eigenvalue weighted by Gasteiger charge is 2.28. The second-order valence-electron chi connectivity index (χ2n) is 3.90. The molecular formula is C10H18O4. The van der Waals surface area contributed by atoms with Crippen molar-refractivity contribution in [1.82, 2.24) is 0 Å². The zero-order valence-corrected chi connectivity index (χ0v) is 8.35. The molecule has 14 heavy (non-hydrogen) atoms. The van der Waals surface area contributed by atoms with Gasteiger partial charge in [-0.15, -0.1) is 0 Å². The fourth-order valence-electron chi connectivity index (χ4n) is 1.88. The molecule has 0 amide bonds. The Labute approximate surface area is 84.1 Å². The minimum Gasteiger partial charge on any atom is -0.388 e. The molecule has 0 radical (unpaired) electrons. The summed E-state index contributed by atoms with van der Waals surface area (Å²) in [5, 5.41) is 9.59. The van der Waals surface area contributed by atoms with Gasteiger partial charge in [-0.1, -0.05) is 0 Å².